The number of carbonyl (C=O) groups excluding carboxylic acids is 3. The molecule has 0 bridgehead atoms. The Labute approximate surface area is 218 Å². The molecule has 194 valence electrons. The molecule has 0 fully saturated rings. The molecule has 0 aliphatic heterocycles. The van der Waals surface area contributed by atoms with Gasteiger partial charge >= 0.3 is 12.1 Å². The Bertz CT molecular complexity index is 1220. The summed E-state index contributed by atoms with van der Waals surface area (Å²) in [6, 6.07) is 18.5. The lowest BCUT2D eigenvalue weighted by molar-refractivity contribution is -0.141. The number of phenols is 1. The number of carbonyl (C=O) groups is 3. The first kappa shape index (κ1) is 27.5. The van der Waals surface area contributed by atoms with Crippen molar-refractivity contribution in [2.24, 2.45) is 0 Å². The number of esters is 1. The predicted molar refractivity (Wildman–Crippen MR) is 138 cm³/mol. The van der Waals surface area contributed by atoms with E-state index in [0.717, 1.165) is 12.1 Å². The summed E-state index contributed by atoms with van der Waals surface area (Å²) < 4.78 is 31.2. The summed E-state index contributed by atoms with van der Waals surface area (Å²) in [5, 5.41) is 12.2. The Morgan fingerprint density at radius 2 is 1.73 bits per heavy atom. The third-order valence-electron chi connectivity index (χ3n) is 5.23. The highest BCUT2D eigenvalue weighted by Gasteiger charge is 2.30. The van der Waals surface area contributed by atoms with E-state index in [-0.39, 0.29) is 30.1 Å². The van der Waals surface area contributed by atoms with Gasteiger partial charge in [-0.1, -0.05) is 24.3 Å². The van der Waals surface area contributed by atoms with Crippen LogP contribution < -0.4 is 10.1 Å². The number of para-hydroxylation sites is 1. The summed E-state index contributed by atoms with van der Waals surface area (Å²) >= 11 is 3.88. The molecule has 1 amide bonds. The summed E-state index contributed by atoms with van der Waals surface area (Å²) in [6.07, 6.45) is -2.86. The van der Waals surface area contributed by atoms with Gasteiger partial charge in [-0.3, -0.25) is 14.9 Å². The number of aromatic hydroxyl groups is 1. The molecule has 2 atom stereocenters. The number of anilines is 1. The summed E-state index contributed by atoms with van der Waals surface area (Å²) in [7, 11) is 0. The molecule has 10 heteroatoms. The van der Waals surface area contributed by atoms with Gasteiger partial charge in [0.25, 0.3) is 0 Å². The van der Waals surface area contributed by atoms with Crippen LogP contribution in [0.1, 0.15) is 35.4 Å². The number of amides is 1. The molecule has 37 heavy (non-hydrogen) atoms. The van der Waals surface area contributed by atoms with Crippen molar-refractivity contribution in [1.29, 1.82) is 0 Å². The van der Waals surface area contributed by atoms with Gasteiger partial charge in [-0.15, -0.1) is 0 Å². The van der Waals surface area contributed by atoms with Gasteiger partial charge in [-0.2, -0.15) is 12.6 Å². The third kappa shape index (κ3) is 8.25. The first-order valence-electron chi connectivity index (χ1n) is 11.3. The van der Waals surface area contributed by atoms with Crippen molar-refractivity contribution in [3.63, 3.8) is 0 Å². The summed E-state index contributed by atoms with van der Waals surface area (Å²) in [4.78, 5) is 35.9. The highest BCUT2D eigenvalue weighted by atomic mass is 32.1. The van der Waals surface area contributed by atoms with Crippen molar-refractivity contribution in [1.82, 2.24) is 0 Å². The first-order chi connectivity index (χ1) is 17.8. The van der Waals surface area contributed by atoms with Crippen LogP contribution in [0.15, 0.2) is 72.8 Å². The lowest BCUT2D eigenvalue weighted by atomic mass is 10.0. The lowest BCUT2D eigenvalue weighted by Gasteiger charge is -2.28. The second-order valence-corrected chi connectivity index (χ2v) is 8.25. The maximum atomic E-state index is 14.3. The van der Waals surface area contributed by atoms with E-state index in [2.05, 4.69) is 17.9 Å². The monoisotopic (exact) mass is 527 g/mol. The average molecular weight is 528 g/mol. The van der Waals surface area contributed by atoms with E-state index >= 15 is 0 Å². The Kier molecular flexibility index (Phi) is 9.91. The van der Waals surface area contributed by atoms with Gasteiger partial charge in [0.2, 0.25) is 0 Å². The smallest absolute Gasteiger partial charge is 0.412 e. The minimum Gasteiger partial charge on any atom is -0.505 e. The number of hydrogen-bond acceptors (Lipinski definition) is 8. The molecule has 3 aromatic carbocycles. The fourth-order valence-electron chi connectivity index (χ4n) is 3.39. The zero-order valence-corrected chi connectivity index (χ0v) is 20.8. The van der Waals surface area contributed by atoms with Gasteiger partial charge in [-0.25, -0.2) is 9.18 Å². The number of halogens is 1. The number of phenolic OH excluding ortho intramolecular Hbond substituents is 1. The molecule has 0 saturated heterocycles. The van der Waals surface area contributed by atoms with E-state index in [1.165, 1.54) is 13.0 Å². The standard InChI is InChI=1S/C27H26FNO7S/c1-17(30)18-7-10-20(11-8-18)29-27(33)36-26(19-9-12-23(31)22(28)15-19)24(13-14-34-25(32)16-37)35-21-5-3-2-4-6-21/h2-12,15,24,26,31,37H,13-14,16H2,1H3,(H,29,33)/t24-,26-/m0/s1. The van der Waals surface area contributed by atoms with Crippen LogP contribution in [0.4, 0.5) is 14.9 Å². The number of thiol groups is 1. The molecule has 0 saturated carbocycles. The van der Waals surface area contributed by atoms with E-state index in [9.17, 15) is 23.9 Å². The quantitative estimate of drug-likeness (QED) is 0.175. The maximum Gasteiger partial charge on any atom is 0.412 e. The normalized spacial score (nSPS) is 12.2. The summed E-state index contributed by atoms with van der Waals surface area (Å²) in [5.74, 6) is -1.81. The number of nitrogens with one attached hydrogen (secondary N) is 1. The maximum absolute atomic E-state index is 14.3. The van der Waals surface area contributed by atoms with E-state index < -0.39 is 35.8 Å². The predicted octanol–water partition coefficient (Wildman–Crippen LogP) is 5.33. The van der Waals surface area contributed by atoms with Crippen molar-refractivity contribution < 1.29 is 38.1 Å². The summed E-state index contributed by atoms with van der Waals surface area (Å²) in [6.45, 7) is 1.35. The molecule has 0 aromatic heterocycles. The topological polar surface area (TPSA) is 111 Å². The first-order valence-corrected chi connectivity index (χ1v) is 11.9. The highest BCUT2D eigenvalue weighted by Crippen LogP contribution is 2.31. The molecule has 0 aliphatic rings. The largest absolute Gasteiger partial charge is 0.505 e. The Morgan fingerprint density at radius 3 is 2.35 bits per heavy atom. The second-order valence-electron chi connectivity index (χ2n) is 7.93. The van der Waals surface area contributed by atoms with Crippen LogP contribution in [0.25, 0.3) is 0 Å². The molecule has 0 spiro atoms. The SMILES string of the molecule is CC(=O)c1ccc(NC(=O)O[C@@H](c2ccc(O)c(F)c2)[C@H](CCOC(=O)CS)Oc2ccccc2)cc1. The number of benzene rings is 3. The zero-order chi connectivity index (χ0) is 26.8. The molecule has 2 N–H and O–H groups in total. The second kappa shape index (κ2) is 13.3. The van der Waals surface area contributed by atoms with Crippen LogP contribution in [0.3, 0.4) is 0 Å². The van der Waals surface area contributed by atoms with Crippen molar-refractivity contribution in [2.45, 2.75) is 25.6 Å². The molecule has 0 radical (unpaired) electrons. The fourth-order valence-corrected chi connectivity index (χ4v) is 3.48. The molecule has 3 rings (SSSR count). The minimum absolute atomic E-state index is 0.0779. The molecule has 0 aliphatic carbocycles. The number of ketones is 1. The van der Waals surface area contributed by atoms with Gasteiger partial charge < -0.3 is 19.3 Å². The van der Waals surface area contributed by atoms with Crippen LogP contribution in [0.2, 0.25) is 0 Å². The van der Waals surface area contributed by atoms with Crippen molar-refractivity contribution in [3.8, 4) is 11.5 Å². The van der Waals surface area contributed by atoms with Crippen LogP contribution in [0, 0.1) is 5.82 Å². The molecular weight excluding hydrogens is 501 g/mol. The van der Waals surface area contributed by atoms with Crippen molar-refractivity contribution in [2.75, 3.05) is 17.7 Å². The fraction of sp³-hybridized carbons (Fsp3) is 0.222. The number of rotatable bonds is 11. The van der Waals surface area contributed by atoms with E-state index in [1.807, 2.05) is 0 Å². The molecule has 0 heterocycles. The molecule has 0 unspecified atom stereocenters. The van der Waals surface area contributed by atoms with Crippen molar-refractivity contribution in [3.05, 3.63) is 89.7 Å². The number of hydrogen-bond donors (Lipinski definition) is 3. The van der Waals surface area contributed by atoms with Gasteiger partial charge in [0.1, 0.15) is 11.9 Å². The molecule has 3 aromatic rings. The third-order valence-corrected chi connectivity index (χ3v) is 5.49. The van der Waals surface area contributed by atoms with Crippen molar-refractivity contribution >= 4 is 36.2 Å². The van der Waals surface area contributed by atoms with E-state index in [1.54, 1.807) is 54.6 Å². The Morgan fingerprint density at radius 1 is 1.03 bits per heavy atom. The van der Waals surface area contributed by atoms with Gasteiger partial charge in [-0.05, 0) is 61.0 Å². The van der Waals surface area contributed by atoms with E-state index in [0.29, 0.717) is 17.0 Å². The Hall–Kier alpha value is -4.05. The lowest BCUT2D eigenvalue weighted by Crippen LogP contribution is -2.32. The van der Waals surface area contributed by atoms with Crippen LogP contribution in [-0.2, 0) is 14.3 Å². The van der Waals surface area contributed by atoms with E-state index in [4.69, 9.17) is 14.2 Å². The van der Waals surface area contributed by atoms with Crippen LogP contribution >= 0.6 is 12.6 Å². The Balaban J connectivity index is 1.88. The van der Waals surface area contributed by atoms with Crippen LogP contribution in [0.5, 0.6) is 11.5 Å². The molecular formula is C27H26FNO7S. The van der Waals surface area contributed by atoms with Gasteiger partial charge in [0.15, 0.2) is 23.5 Å². The van der Waals surface area contributed by atoms with Gasteiger partial charge in [0, 0.05) is 17.7 Å². The average Bonchev–Trinajstić information content (AvgIpc) is 2.89. The van der Waals surface area contributed by atoms with Gasteiger partial charge in [0.05, 0.1) is 12.4 Å². The number of ether oxygens (including phenoxy) is 3. The highest BCUT2D eigenvalue weighted by molar-refractivity contribution is 7.81. The van der Waals surface area contributed by atoms with Crippen LogP contribution in [-0.4, -0.2) is 41.4 Å². The number of Topliss-reactive ketones (excluding diaryl/α,β-unsaturated/α-hetero) is 1. The minimum atomic E-state index is -1.17. The summed E-state index contributed by atoms with van der Waals surface area (Å²) in [5.41, 5.74) is 1.05. The zero-order valence-electron chi connectivity index (χ0n) is 19.9. The molecule has 8 nitrogen and oxygen atoms in total.